The van der Waals surface area contributed by atoms with Gasteiger partial charge in [-0.1, -0.05) is 19.4 Å². The normalized spacial score (nSPS) is 39.1. The first-order valence-corrected chi connectivity index (χ1v) is 10.5. The minimum Gasteiger partial charge on any atom is -0.458 e. The molecule has 0 spiro atoms. The largest absolute Gasteiger partial charge is 0.458 e. The molecule has 0 aromatic carbocycles. The molecule has 1 aliphatic heterocycles. The van der Waals surface area contributed by atoms with Crippen LogP contribution in [0.25, 0.3) is 0 Å². The molecule has 28 heavy (non-hydrogen) atoms. The molecule has 4 rings (SSSR count). The molecule has 4 fully saturated rings. The average Bonchev–Trinajstić information content (AvgIpc) is 3.31. The molecule has 0 amide bonds. The van der Waals surface area contributed by atoms with E-state index in [9.17, 15) is 14.7 Å². The summed E-state index contributed by atoms with van der Waals surface area (Å²) in [5, 5.41) is 10.5. The zero-order valence-electron chi connectivity index (χ0n) is 17.3. The smallest absolute Gasteiger partial charge is 0.333 e. The molecule has 0 aromatic heterocycles. The Balaban J connectivity index is 1.64. The van der Waals surface area contributed by atoms with Crippen molar-refractivity contribution in [1.82, 2.24) is 0 Å². The van der Waals surface area contributed by atoms with E-state index in [0.29, 0.717) is 12.0 Å². The van der Waals surface area contributed by atoms with E-state index in [1.807, 2.05) is 6.92 Å². The molecule has 4 aliphatic rings. The van der Waals surface area contributed by atoms with Crippen LogP contribution in [0.15, 0.2) is 12.2 Å². The van der Waals surface area contributed by atoms with E-state index >= 15 is 0 Å². The van der Waals surface area contributed by atoms with Gasteiger partial charge in [-0.2, -0.15) is 0 Å². The van der Waals surface area contributed by atoms with Crippen molar-refractivity contribution in [3.63, 3.8) is 0 Å². The molecule has 0 radical (unpaired) electrons. The summed E-state index contributed by atoms with van der Waals surface area (Å²) in [6.07, 6.45) is 3.86. The average molecular weight is 392 g/mol. The second-order valence-electron chi connectivity index (χ2n) is 9.91. The molecule has 1 N–H and O–H groups in total. The first kappa shape index (κ1) is 19.9. The van der Waals surface area contributed by atoms with Gasteiger partial charge in [-0.3, -0.25) is 4.79 Å². The summed E-state index contributed by atoms with van der Waals surface area (Å²) in [7, 11) is 0. The van der Waals surface area contributed by atoms with Gasteiger partial charge in [0, 0.05) is 17.4 Å². The van der Waals surface area contributed by atoms with Crippen molar-refractivity contribution in [1.29, 1.82) is 0 Å². The van der Waals surface area contributed by atoms with E-state index in [2.05, 4.69) is 6.58 Å². The van der Waals surface area contributed by atoms with Gasteiger partial charge in [-0.05, 0) is 53.4 Å². The van der Waals surface area contributed by atoms with Crippen molar-refractivity contribution in [3.05, 3.63) is 12.2 Å². The maximum Gasteiger partial charge on any atom is 0.333 e. The highest BCUT2D eigenvalue weighted by molar-refractivity contribution is 5.87. The van der Waals surface area contributed by atoms with Crippen LogP contribution in [-0.4, -0.2) is 46.6 Å². The summed E-state index contributed by atoms with van der Waals surface area (Å²) >= 11 is 0. The molecule has 2 bridgehead atoms. The third kappa shape index (κ3) is 2.60. The molecular formula is C22H32O6. The van der Waals surface area contributed by atoms with Gasteiger partial charge < -0.3 is 19.3 Å². The van der Waals surface area contributed by atoms with Crippen LogP contribution in [0.5, 0.6) is 0 Å². The highest BCUT2D eigenvalue weighted by Gasteiger charge is 2.78. The lowest BCUT2D eigenvalue weighted by atomic mass is 9.61. The minimum absolute atomic E-state index is 0.0000246. The van der Waals surface area contributed by atoms with E-state index in [4.69, 9.17) is 14.2 Å². The van der Waals surface area contributed by atoms with Gasteiger partial charge in [0.05, 0.1) is 17.3 Å². The first-order chi connectivity index (χ1) is 13.0. The second-order valence-corrected chi connectivity index (χ2v) is 9.91. The number of esters is 2. The lowest BCUT2D eigenvalue weighted by Crippen LogP contribution is -2.58. The Morgan fingerprint density at radius 3 is 2.57 bits per heavy atom. The van der Waals surface area contributed by atoms with Crippen molar-refractivity contribution in [2.75, 3.05) is 0 Å². The minimum atomic E-state index is -0.995. The van der Waals surface area contributed by atoms with Crippen molar-refractivity contribution >= 4 is 11.9 Å². The summed E-state index contributed by atoms with van der Waals surface area (Å²) in [5.74, 6) is -0.527. The lowest BCUT2D eigenvalue weighted by molar-refractivity contribution is -0.212. The van der Waals surface area contributed by atoms with E-state index in [1.165, 1.54) is 0 Å². The Morgan fingerprint density at radius 1 is 1.36 bits per heavy atom. The summed E-state index contributed by atoms with van der Waals surface area (Å²) in [6.45, 7) is 10.6. The summed E-state index contributed by atoms with van der Waals surface area (Å²) in [4.78, 5) is 25.4. The molecule has 6 atom stereocenters. The third-order valence-corrected chi connectivity index (χ3v) is 7.78. The van der Waals surface area contributed by atoms with Crippen LogP contribution in [0, 0.1) is 17.3 Å². The van der Waals surface area contributed by atoms with Gasteiger partial charge in [0.1, 0.15) is 17.6 Å². The topological polar surface area (TPSA) is 82.1 Å². The molecular weight excluding hydrogens is 360 g/mol. The number of aliphatic hydroxyl groups is 1. The van der Waals surface area contributed by atoms with Crippen LogP contribution in [0.4, 0.5) is 0 Å². The Kier molecular flexibility index (Phi) is 4.47. The highest BCUT2D eigenvalue weighted by atomic mass is 16.6. The van der Waals surface area contributed by atoms with Crippen molar-refractivity contribution in [3.8, 4) is 0 Å². The van der Waals surface area contributed by atoms with Crippen LogP contribution in [0.2, 0.25) is 0 Å². The summed E-state index contributed by atoms with van der Waals surface area (Å²) < 4.78 is 18.1. The number of hydrogen-bond donors (Lipinski definition) is 1. The quantitative estimate of drug-likeness (QED) is 0.553. The van der Waals surface area contributed by atoms with Gasteiger partial charge in [-0.25, -0.2) is 4.79 Å². The number of carbonyl (C=O) groups excluding carboxylic acids is 2. The number of rotatable bonds is 6. The standard InChI is InChI=1S/C22H32O6/c1-12(2)18(23)26-16-14-10-15-17(16)27-19(24)22(15,11-14)21(8-6-7-9-21)28-13(3)20(4,5)25/h13-17,25H,1,6-11H2,2-5H3. The second kappa shape index (κ2) is 6.30. The van der Waals surface area contributed by atoms with Crippen molar-refractivity contribution < 1.29 is 28.9 Å². The Morgan fingerprint density at radius 2 is 2.00 bits per heavy atom. The van der Waals surface area contributed by atoms with Gasteiger partial charge >= 0.3 is 11.9 Å². The Labute approximate surface area is 166 Å². The van der Waals surface area contributed by atoms with Gasteiger partial charge in [-0.15, -0.1) is 0 Å². The molecule has 3 saturated carbocycles. The van der Waals surface area contributed by atoms with Crippen LogP contribution in [0.3, 0.4) is 0 Å². The molecule has 0 aromatic rings. The first-order valence-electron chi connectivity index (χ1n) is 10.5. The number of hydrogen-bond acceptors (Lipinski definition) is 6. The van der Waals surface area contributed by atoms with Crippen molar-refractivity contribution in [2.24, 2.45) is 17.3 Å². The molecule has 6 nitrogen and oxygen atoms in total. The predicted molar refractivity (Wildman–Crippen MR) is 101 cm³/mol. The van der Waals surface area contributed by atoms with Crippen LogP contribution in [0.1, 0.15) is 66.2 Å². The fourth-order valence-corrected chi connectivity index (χ4v) is 6.15. The van der Waals surface area contributed by atoms with Crippen LogP contribution >= 0.6 is 0 Å². The Bertz CT molecular complexity index is 700. The summed E-state index contributed by atoms with van der Waals surface area (Å²) in [5.41, 5.74) is -1.94. The van der Waals surface area contributed by atoms with Crippen LogP contribution < -0.4 is 0 Å². The molecule has 1 saturated heterocycles. The summed E-state index contributed by atoms with van der Waals surface area (Å²) in [6, 6.07) is 0. The molecule has 6 heteroatoms. The van der Waals surface area contributed by atoms with Gasteiger partial charge in [0.25, 0.3) is 0 Å². The van der Waals surface area contributed by atoms with E-state index in [0.717, 1.165) is 32.1 Å². The highest BCUT2D eigenvalue weighted by Crippen LogP contribution is 2.69. The molecule has 156 valence electrons. The fourth-order valence-electron chi connectivity index (χ4n) is 6.15. The zero-order chi connectivity index (χ0) is 20.5. The maximum atomic E-state index is 13.3. The van der Waals surface area contributed by atoms with E-state index in [1.54, 1.807) is 20.8 Å². The number of ether oxygens (including phenoxy) is 3. The van der Waals surface area contributed by atoms with Crippen molar-refractivity contribution in [2.45, 2.75) is 95.7 Å². The van der Waals surface area contributed by atoms with Gasteiger partial charge in [0.15, 0.2) is 0 Å². The van der Waals surface area contributed by atoms with E-state index in [-0.39, 0.29) is 23.9 Å². The monoisotopic (exact) mass is 392 g/mol. The predicted octanol–water partition coefficient (Wildman–Crippen LogP) is 2.91. The number of fused-ring (bicyclic) bond motifs is 1. The molecule has 1 heterocycles. The fraction of sp³-hybridized carbons (Fsp3) is 0.818. The zero-order valence-corrected chi connectivity index (χ0v) is 17.3. The Hall–Kier alpha value is -1.40. The SMILES string of the molecule is C=C(C)C(=O)OC1C2CC3C1OC(=O)C3(C1(OC(C)C(C)(C)O)CCCC1)C2. The van der Waals surface area contributed by atoms with E-state index < -0.39 is 34.8 Å². The molecule has 6 unspecified atom stereocenters. The third-order valence-electron chi connectivity index (χ3n) is 7.78. The number of carbonyl (C=O) groups is 2. The molecule has 3 aliphatic carbocycles. The lowest BCUT2D eigenvalue weighted by Gasteiger charge is -2.48. The maximum absolute atomic E-state index is 13.3. The van der Waals surface area contributed by atoms with Gasteiger partial charge in [0.2, 0.25) is 0 Å². The van der Waals surface area contributed by atoms with Crippen LogP contribution in [-0.2, 0) is 23.8 Å².